The zero-order valence-electron chi connectivity index (χ0n) is 21.0. The van der Waals surface area contributed by atoms with Crippen molar-refractivity contribution in [1.29, 1.82) is 0 Å². The van der Waals surface area contributed by atoms with Gasteiger partial charge in [-0.05, 0) is 88.3 Å². The van der Waals surface area contributed by atoms with Crippen molar-refractivity contribution in [1.82, 2.24) is 5.32 Å². The lowest BCUT2D eigenvalue weighted by Gasteiger charge is -2.37. The van der Waals surface area contributed by atoms with Crippen LogP contribution in [-0.4, -0.2) is 24.5 Å². The summed E-state index contributed by atoms with van der Waals surface area (Å²) in [4.78, 5) is 24.7. The predicted octanol–water partition coefficient (Wildman–Crippen LogP) is 6.59. The second-order valence-corrected chi connectivity index (χ2v) is 10.2. The van der Waals surface area contributed by atoms with E-state index >= 15 is 0 Å². The summed E-state index contributed by atoms with van der Waals surface area (Å²) in [5.74, 6) is 1.80. The van der Waals surface area contributed by atoms with E-state index in [9.17, 15) is 9.59 Å². The number of fused-ring (bicyclic) bond motifs is 1. The summed E-state index contributed by atoms with van der Waals surface area (Å²) in [5.41, 5.74) is 0. The molecule has 2 aromatic carbocycles. The molecule has 2 aromatic rings. The van der Waals surface area contributed by atoms with E-state index < -0.39 is 5.97 Å². The second kappa shape index (κ2) is 12.3. The maximum Gasteiger partial charge on any atom is 0.335 e. The quantitative estimate of drug-likeness (QED) is 0.191. The van der Waals surface area contributed by atoms with Crippen LogP contribution in [0.4, 0.5) is 0 Å². The van der Waals surface area contributed by atoms with E-state index in [4.69, 9.17) is 9.47 Å². The highest BCUT2D eigenvalue weighted by Gasteiger charge is 2.33. The first-order chi connectivity index (χ1) is 17.1. The summed E-state index contributed by atoms with van der Waals surface area (Å²) in [6.45, 7) is 6.84. The fourth-order valence-electron chi connectivity index (χ4n) is 5.88. The fourth-order valence-corrected chi connectivity index (χ4v) is 5.88. The van der Waals surface area contributed by atoms with E-state index in [0.29, 0.717) is 17.5 Å². The summed E-state index contributed by atoms with van der Waals surface area (Å²) >= 11 is 0. The molecule has 1 N–H and O–H groups in total. The molecule has 2 fully saturated rings. The predicted molar refractivity (Wildman–Crippen MR) is 140 cm³/mol. The zero-order valence-corrected chi connectivity index (χ0v) is 21.0. The smallest absolute Gasteiger partial charge is 0.335 e. The van der Waals surface area contributed by atoms with Crippen LogP contribution in [0.25, 0.3) is 10.8 Å². The third-order valence-electron chi connectivity index (χ3n) is 7.94. The monoisotopic (exact) mass is 477 g/mol. The Morgan fingerprint density at radius 1 is 0.886 bits per heavy atom. The van der Waals surface area contributed by atoms with Gasteiger partial charge in [0.25, 0.3) is 0 Å². The van der Waals surface area contributed by atoms with E-state index in [1.807, 2.05) is 18.2 Å². The molecule has 0 heterocycles. The first kappa shape index (κ1) is 25.4. The van der Waals surface area contributed by atoms with Crippen LogP contribution < -0.4 is 14.8 Å². The summed E-state index contributed by atoms with van der Waals surface area (Å²) in [5, 5.41) is 5.22. The molecule has 0 aromatic heterocycles. The number of esters is 2. The Kier molecular flexibility index (Phi) is 8.97. The van der Waals surface area contributed by atoms with Gasteiger partial charge in [0, 0.05) is 22.9 Å². The molecule has 2 saturated carbocycles. The standard InChI is InChI=1S/C30H39NO4/c1-3-5-20-31-24-18-16-22(17-19-24)21-12-14-23(15-13-21)30(33)35-28-11-7-8-25-26(28)9-6-10-27(25)34-29(32)4-2/h4,6-11,21-24,31H,2-3,5,12-20H2,1H3. The van der Waals surface area contributed by atoms with Crippen molar-refractivity contribution < 1.29 is 19.1 Å². The number of unbranched alkanes of at least 4 members (excludes halogenated alkanes) is 1. The van der Waals surface area contributed by atoms with Gasteiger partial charge < -0.3 is 14.8 Å². The molecule has 4 rings (SSSR count). The van der Waals surface area contributed by atoms with Crippen molar-refractivity contribution in [3.05, 3.63) is 49.1 Å². The highest BCUT2D eigenvalue weighted by Crippen LogP contribution is 2.41. The largest absolute Gasteiger partial charge is 0.426 e. The number of benzene rings is 2. The second-order valence-electron chi connectivity index (χ2n) is 10.2. The van der Waals surface area contributed by atoms with Gasteiger partial charge in [0.1, 0.15) is 11.5 Å². The van der Waals surface area contributed by atoms with Crippen LogP contribution in [0.2, 0.25) is 0 Å². The molecule has 0 radical (unpaired) electrons. The number of rotatable bonds is 9. The molecule has 5 heteroatoms. The molecule has 0 spiro atoms. The van der Waals surface area contributed by atoms with Gasteiger partial charge >= 0.3 is 11.9 Å². The molecule has 5 nitrogen and oxygen atoms in total. The number of nitrogens with one attached hydrogen (secondary N) is 1. The number of carbonyl (C=O) groups excluding carboxylic acids is 2. The summed E-state index contributed by atoms with van der Waals surface area (Å²) < 4.78 is 11.2. The summed E-state index contributed by atoms with van der Waals surface area (Å²) in [6.07, 6.45) is 12.9. The van der Waals surface area contributed by atoms with Crippen LogP contribution in [0.5, 0.6) is 11.5 Å². The average molecular weight is 478 g/mol. The Labute approximate surface area is 209 Å². The lowest BCUT2D eigenvalue weighted by atomic mass is 9.70. The van der Waals surface area contributed by atoms with E-state index in [-0.39, 0.29) is 11.9 Å². The Morgan fingerprint density at radius 2 is 1.46 bits per heavy atom. The molecule has 2 aliphatic rings. The summed E-state index contributed by atoms with van der Waals surface area (Å²) in [6, 6.07) is 11.6. The maximum absolute atomic E-state index is 13.0. The van der Waals surface area contributed by atoms with E-state index in [2.05, 4.69) is 18.8 Å². The SMILES string of the molecule is C=CC(=O)Oc1cccc2c(OC(=O)C3CCC(C4CCC(NCCCC)CC4)CC3)cccc12. The fraction of sp³-hybridized carbons (Fsp3) is 0.533. The van der Waals surface area contributed by atoms with Gasteiger partial charge in [0.2, 0.25) is 0 Å². The molecule has 0 aliphatic heterocycles. The molecule has 0 atom stereocenters. The van der Waals surface area contributed by atoms with Crippen molar-refractivity contribution >= 4 is 22.7 Å². The number of ether oxygens (including phenoxy) is 2. The van der Waals surface area contributed by atoms with Gasteiger partial charge in [0.05, 0.1) is 5.92 Å². The number of hydrogen-bond acceptors (Lipinski definition) is 5. The normalized spacial score (nSPS) is 24.6. The van der Waals surface area contributed by atoms with E-state index in [0.717, 1.165) is 60.9 Å². The van der Waals surface area contributed by atoms with Crippen LogP contribution in [0.15, 0.2) is 49.1 Å². The molecule has 2 aliphatic carbocycles. The molecule has 0 unspecified atom stereocenters. The highest BCUT2D eigenvalue weighted by atomic mass is 16.5. The average Bonchev–Trinajstić information content (AvgIpc) is 2.90. The van der Waals surface area contributed by atoms with Crippen molar-refractivity contribution in [2.75, 3.05) is 6.54 Å². The Balaban J connectivity index is 1.30. The molecule has 188 valence electrons. The number of hydrogen-bond donors (Lipinski definition) is 1. The van der Waals surface area contributed by atoms with Crippen LogP contribution >= 0.6 is 0 Å². The molecular formula is C30H39NO4. The first-order valence-corrected chi connectivity index (χ1v) is 13.4. The molecule has 35 heavy (non-hydrogen) atoms. The minimum atomic E-state index is -0.516. The molecule has 0 amide bonds. The lowest BCUT2D eigenvalue weighted by Crippen LogP contribution is -2.36. The van der Waals surface area contributed by atoms with Gasteiger partial charge in [0.15, 0.2) is 0 Å². The van der Waals surface area contributed by atoms with Crippen molar-refractivity contribution in [3.63, 3.8) is 0 Å². The minimum absolute atomic E-state index is 0.0460. The lowest BCUT2D eigenvalue weighted by molar-refractivity contribution is -0.140. The van der Waals surface area contributed by atoms with Gasteiger partial charge in [-0.15, -0.1) is 0 Å². The highest BCUT2D eigenvalue weighted by molar-refractivity contribution is 5.96. The van der Waals surface area contributed by atoms with Gasteiger partial charge in [-0.3, -0.25) is 4.79 Å². The Morgan fingerprint density at radius 3 is 2.03 bits per heavy atom. The topological polar surface area (TPSA) is 64.6 Å². The van der Waals surface area contributed by atoms with Crippen LogP contribution in [0.3, 0.4) is 0 Å². The van der Waals surface area contributed by atoms with Crippen LogP contribution in [-0.2, 0) is 9.59 Å². The Bertz CT molecular complexity index is 1020. The van der Waals surface area contributed by atoms with Gasteiger partial charge in [-0.25, -0.2) is 4.79 Å². The number of carbonyl (C=O) groups is 2. The van der Waals surface area contributed by atoms with Crippen LogP contribution in [0, 0.1) is 17.8 Å². The zero-order chi connectivity index (χ0) is 24.6. The van der Waals surface area contributed by atoms with Gasteiger partial charge in [-0.1, -0.05) is 44.2 Å². The van der Waals surface area contributed by atoms with Gasteiger partial charge in [-0.2, -0.15) is 0 Å². The van der Waals surface area contributed by atoms with Crippen LogP contribution in [0.1, 0.15) is 71.1 Å². The van der Waals surface area contributed by atoms with Crippen molar-refractivity contribution in [2.24, 2.45) is 17.8 Å². The molecule has 0 saturated heterocycles. The third-order valence-corrected chi connectivity index (χ3v) is 7.94. The minimum Gasteiger partial charge on any atom is -0.426 e. The first-order valence-electron chi connectivity index (χ1n) is 13.4. The molecule has 0 bridgehead atoms. The van der Waals surface area contributed by atoms with Crippen molar-refractivity contribution in [2.45, 2.75) is 77.2 Å². The van der Waals surface area contributed by atoms with Crippen molar-refractivity contribution in [3.8, 4) is 11.5 Å². The maximum atomic E-state index is 13.0. The Hall–Kier alpha value is -2.66. The van der Waals surface area contributed by atoms with E-state index in [1.165, 1.54) is 38.5 Å². The summed E-state index contributed by atoms with van der Waals surface area (Å²) in [7, 11) is 0. The molecular weight excluding hydrogens is 438 g/mol. The van der Waals surface area contributed by atoms with E-state index in [1.54, 1.807) is 18.2 Å². The third kappa shape index (κ3) is 6.52.